The van der Waals surface area contributed by atoms with Crippen molar-refractivity contribution in [1.29, 1.82) is 0 Å². The third-order valence-electron chi connectivity index (χ3n) is 3.55. The highest BCUT2D eigenvalue weighted by molar-refractivity contribution is 5.93. The molecular weight excluding hydrogens is 238 g/mol. The normalized spacial score (nSPS) is 19.5. The first-order valence-electron chi connectivity index (χ1n) is 6.65. The monoisotopic (exact) mass is 255 g/mol. The van der Waals surface area contributed by atoms with Crippen LogP contribution in [0, 0.1) is 0 Å². The zero-order chi connectivity index (χ0) is 13.1. The van der Waals surface area contributed by atoms with Gasteiger partial charge in [0, 0.05) is 13.0 Å². The van der Waals surface area contributed by atoms with Crippen molar-refractivity contribution >= 4 is 16.6 Å². The number of Topliss-reactive ketones (excluding diaryl/α,β-unsaturated/α-hetero) is 1. The molecule has 0 radical (unpaired) electrons. The standard InChI is InChI=1S/C16H17NO2/c18-16(15-11-19-9-8-17-15)10-13-6-3-5-12-4-1-2-7-14(12)13/h1-7,15,17H,8-11H2. The summed E-state index contributed by atoms with van der Waals surface area (Å²) < 4.78 is 5.35. The maximum atomic E-state index is 12.3. The largest absolute Gasteiger partial charge is 0.378 e. The molecule has 1 atom stereocenters. The van der Waals surface area contributed by atoms with Gasteiger partial charge in [-0.15, -0.1) is 0 Å². The molecule has 3 rings (SSSR count). The highest BCUT2D eigenvalue weighted by Gasteiger charge is 2.21. The van der Waals surface area contributed by atoms with Gasteiger partial charge in [0.15, 0.2) is 5.78 Å². The van der Waals surface area contributed by atoms with Crippen LogP contribution < -0.4 is 5.32 Å². The van der Waals surface area contributed by atoms with Crippen LogP contribution in [0.4, 0.5) is 0 Å². The van der Waals surface area contributed by atoms with E-state index in [-0.39, 0.29) is 11.8 Å². The highest BCUT2D eigenvalue weighted by atomic mass is 16.5. The summed E-state index contributed by atoms with van der Waals surface area (Å²) in [5.74, 6) is 0.205. The molecule has 0 amide bonds. The van der Waals surface area contributed by atoms with Crippen molar-refractivity contribution in [3.8, 4) is 0 Å². The van der Waals surface area contributed by atoms with Crippen LogP contribution in [0.5, 0.6) is 0 Å². The number of hydrogen-bond donors (Lipinski definition) is 1. The fourth-order valence-electron chi connectivity index (χ4n) is 2.53. The third kappa shape index (κ3) is 2.67. The third-order valence-corrected chi connectivity index (χ3v) is 3.55. The molecule has 2 aromatic rings. The predicted octanol–water partition coefficient (Wildman–Crippen LogP) is 1.94. The van der Waals surface area contributed by atoms with Gasteiger partial charge in [-0.25, -0.2) is 0 Å². The van der Waals surface area contributed by atoms with E-state index in [0.29, 0.717) is 19.6 Å². The molecule has 0 spiro atoms. The van der Waals surface area contributed by atoms with Gasteiger partial charge in [0.1, 0.15) is 0 Å². The Kier molecular flexibility index (Phi) is 3.58. The van der Waals surface area contributed by atoms with Crippen molar-refractivity contribution < 1.29 is 9.53 Å². The number of benzene rings is 2. The van der Waals surface area contributed by atoms with Gasteiger partial charge in [-0.05, 0) is 16.3 Å². The summed E-state index contributed by atoms with van der Waals surface area (Å²) in [4.78, 5) is 12.3. The number of nitrogens with one attached hydrogen (secondary N) is 1. The maximum absolute atomic E-state index is 12.3. The Labute approximate surface area is 112 Å². The predicted molar refractivity (Wildman–Crippen MR) is 75.3 cm³/mol. The average Bonchev–Trinajstić information content (AvgIpc) is 2.48. The number of ether oxygens (including phenoxy) is 1. The SMILES string of the molecule is O=C(Cc1cccc2ccccc12)C1COCCN1. The van der Waals surface area contributed by atoms with E-state index in [0.717, 1.165) is 17.5 Å². The Morgan fingerprint density at radius 1 is 1.21 bits per heavy atom. The molecule has 1 aliphatic rings. The lowest BCUT2D eigenvalue weighted by Crippen LogP contribution is -2.47. The first-order valence-corrected chi connectivity index (χ1v) is 6.65. The molecule has 1 heterocycles. The molecule has 1 unspecified atom stereocenters. The Hall–Kier alpha value is -1.71. The van der Waals surface area contributed by atoms with Gasteiger partial charge in [0.25, 0.3) is 0 Å². The Morgan fingerprint density at radius 3 is 2.89 bits per heavy atom. The van der Waals surface area contributed by atoms with Crippen LogP contribution >= 0.6 is 0 Å². The van der Waals surface area contributed by atoms with E-state index in [2.05, 4.69) is 23.5 Å². The number of carbonyl (C=O) groups excluding carboxylic acids is 1. The maximum Gasteiger partial charge on any atom is 0.156 e. The van der Waals surface area contributed by atoms with Crippen molar-refractivity contribution in [2.75, 3.05) is 19.8 Å². The number of ketones is 1. The topological polar surface area (TPSA) is 38.3 Å². The summed E-state index contributed by atoms with van der Waals surface area (Å²) in [5.41, 5.74) is 1.09. The fraction of sp³-hybridized carbons (Fsp3) is 0.312. The summed E-state index contributed by atoms with van der Waals surface area (Å²) in [6, 6.07) is 14.1. The molecule has 0 saturated carbocycles. The van der Waals surface area contributed by atoms with Crippen LogP contribution in [-0.2, 0) is 16.0 Å². The molecule has 0 aliphatic carbocycles. The summed E-state index contributed by atoms with van der Waals surface area (Å²) in [6.45, 7) is 1.94. The van der Waals surface area contributed by atoms with Gasteiger partial charge in [-0.2, -0.15) is 0 Å². The molecule has 1 fully saturated rings. The van der Waals surface area contributed by atoms with E-state index in [1.54, 1.807) is 0 Å². The first kappa shape index (κ1) is 12.3. The molecule has 0 aromatic heterocycles. The van der Waals surface area contributed by atoms with E-state index in [1.807, 2.05) is 24.3 Å². The average molecular weight is 255 g/mol. The zero-order valence-corrected chi connectivity index (χ0v) is 10.8. The van der Waals surface area contributed by atoms with Crippen LogP contribution in [-0.4, -0.2) is 31.6 Å². The molecule has 1 saturated heterocycles. The van der Waals surface area contributed by atoms with Crippen LogP contribution in [0.25, 0.3) is 10.8 Å². The molecule has 3 heteroatoms. The van der Waals surface area contributed by atoms with Gasteiger partial charge in [-0.3, -0.25) is 4.79 Å². The molecule has 98 valence electrons. The van der Waals surface area contributed by atoms with Crippen LogP contribution in [0.2, 0.25) is 0 Å². The van der Waals surface area contributed by atoms with E-state index in [1.165, 1.54) is 5.39 Å². The molecule has 19 heavy (non-hydrogen) atoms. The molecule has 3 nitrogen and oxygen atoms in total. The second-order valence-electron chi connectivity index (χ2n) is 4.86. The molecule has 1 N–H and O–H groups in total. The lowest BCUT2D eigenvalue weighted by Gasteiger charge is -2.22. The number of hydrogen-bond acceptors (Lipinski definition) is 3. The number of fused-ring (bicyclic) bond motifs is 1. The van der Waals surface area contributed by atoms with Gasteiger partial charge >= 0.3 is 0 Å². The van der Waals surface area contributed by atoms with Crippen LogP contribution in [0.3, 0.4) is 0 Å². The van der Waals surface area contributed by atoms with Gasteiger partial charge in [0.05, 0.1) is 19.3 Å². The zero-order valence-electron chi connectivity index (χ0n) is 10.8. The van der Waals surface area contributed by atoms with Crippen LogP contribution in [0.15, 0.2) is 42.5 Å². The van der Waals surface area contributed by atoms with Crippen molar-refractivity contribution in [3.05, 3.63) is 48.0 Å². The summed E-state index contributed by atoms with van der Waals surface area (Å²) in [6.07, 6.45) is 0.461. The van der Waals surface area contributed by atoms with Gasteiger partial charge in [0.2, 0.25) is 0 Å². The quantitative estimate of drug-likeness (QED) is 0.911. The summed E-state index contributed by atoms with van der Waals surface area (Å²) >= 11 is 0. The smallest absolute Gasteiger partial charge is 0.156 e. The Bertz CT molecular complexity index is 583. The van der Waals surface area contributed by atoms with Crippen molar-refractivity contribution in [1.82, 2.24) is 5.32 Å². The van der Waals surface area contributed by atoms with Crippen molar-refractivity contribution in [2.24, 2.45) is 0 Å². The second kappa shape index (κ2) is 5.51. The van der Waals surface area contributed by atoms with Gasteiger partial charge in [-0.1, -0.05) is 42.5 Å². The lowest BCUT2D eigenvalue weighted by molar-refractivity contribution is -0.123. The van der Waals surface area contributed by atoms with Crippen molar-refractivity contribution in [3.63, 3.8) is 0 Å². The second-order valence-corrected chi connectivity index (χ2v) is 4.86. The van der Waals surface area contributed by atoms with E-state index < -0.39 is 0 Å². The Morgan fingerprint density at radius 2 is 2.05 bits per heavy atom. The lowest BCUT2D eigenvalue weighted by atomic mass is 9.98. The molecule has 1 aliphatic heterocycles. The summed E-state index contributed by atoms with van der Waals surface area (Å²) in [5, 5.41) is 5.56. The van der Waals surface area contributed by atoms with E-state index in [9.17, 15) is 4.79 Å². The minimum Gasteiger partial charge on any atom is -0.378 e. The fourth-order valence-corrected chi connectivity index (χ4v) is 2.53. The highest BCUT2D eigenvalue weighted by Crippen LogP contribution is 2.19. The number of rotatable bonds is 3. The Balaban J connectivity index is 1.82. The molecule has 0 bridgehead atoms. The van der Waals surface area contributed by atoms with Gasteiger partial charge < -0.3 is 10.1 Å². The number of carbonyl (C=O) groups is 1. The number of morpholine rings is 1. The summed E-state index contributed by atoms with van der Waals surface area (Å²) in [7, 11) is 0. The minimum absolute atomic E-state index is 0.160. The molecule has 2 aromatic carbocycles. The van der Waals surface area contributed by atoms with Crippen molar-refractivity contribution in [2.45, 2.75) is 12.5 Å². The van der Waals surface area contributed by atoms with E-state index in [4.69, 9.17) is 4.74 Å². The molecular formula is C16H17NO2. The van der Waals surface area contributed by atoms with Crippen LogP contribution in [0.1, 0.15) is 5.56 Å². The van der Waals surface area contributed by atoms with E-state index >= 15 is 0 Å². The first-order chi connectivity index (χ1) is 9.34. The minimum atomic E-state index is -0.160.